The van der Waals surface area contributed by atoms with Crippen LogP contribution >= 0.6 is 0 Å². The van der Waals surface area contributed by atoms with E-state index in [9.17, 15) is 9.59 Å². The first-order chi connectivity index (χ1) is 14.3. The third-order valence-electron chi connectivity index (χ3n) is 6.10. The summed E-state index contributed by atoms with van der Waals surface area (Å²) in [6.07, 6.45) is 2.73. The zero-order valence-corrected chi connectivity index (χ0v) is 17.9. The molecule has 0 unspecified atom stereocenters. The van der Waals surface area contributed by atoms with Gasteiger partial charge in [0.2, 0.25) is 5.91 Å². The van der Waals surface area contributed by atoms with Crippen molar-refractivity contribution in [1.29, 1.82) is 0 Å². The van der Waals surface area contributed by atoms with Gasteiger partial charge in [0.1, 0.15) is 17.1 Å². The Morgan fingerprint density at radius 1 is 1.17 bits per heavy atom. The molecule has 6 nitrogen and oxygen atoms in total. The first kappa shape index (κ1) is 20.5. The lowest BCUT2D eigenvalue weighted by atomic mass is 9.76. The zero-order chi connectivity index (χ0) is 21.3. The van der Waals surface area contributed by atoms with Gasteiger partial charge in [-0.3, -0.25) is 9.59 Å². The average molecular weight is 411 g/mol. The second-order valence-electron chi connectivity index (χ2n) is 8.85. The Morgan fingerprint density at radius 3 is 2.57 bits per heavy atom. The van der Waals surface area contributed by atoms with Gasteiger partial charge in [-0.1, -0.05) is 18.2 Å². The van der Waals surface area contributed by atoms with Crippen LogP contribution in [0.3, 0.4) is 0 Å². The van der Waals surface area contributed by atoms with Crippen LogP contribution in [0.25, 0.3) is 0 Å². The van der Waals surface area contributed by atoms with Crippen molar-refractivity contribution >= 4 is 11.8 Å². The quantitative estimate of drug-likeness (QED) is 0.826. The third kappa shape index (κ3) is 4.23. The minimum atomic E-state index is -0.340. The van der Waals surface area contributed by atoms with Crippen molar-refractivity contribution in [3.05, 3.63) is 53.5 Å². The van der Waals surface area contributed by atoms with E-state index in [2.05, 4.69) is 11.4 Å². The predicted octanol–water partition coefficient (Wildman–Crippen LogP) is 4.04. The highest BCUT2D eigenvalue weighted by molar-refractivity contribution is 5.91. The molecule has 0 bridgehead atoms. The number of carbonyl (C=O) groups excluding carboxylic acids is 2. The molecule has 1 fully saturated rings. The number of hydrogen-bond donors (Lipinski definition) is 1. The third-order valence-corrected chi connectivity index (χ3v) is 6.10. The smallest absolute Gasteiger partial charge is 0.289 e. The summed E-state index contributed by atoms with van der Waals surface area (Å²) in [7, 11) is 0. The molecule has 2 amide bonds. The number of benzene rings is 1. The van der Waals surface area contributed by atoms with Crippen LogP contribution in [0, 0.1) is 6.92 Å². The second kappa shape index (κ2) is 8.17. The number of carbonyl (C=O) groups is 2. The van der Waals surface area contributed by atoms with Crippen LogP contribution in [0.5, 0.6) is 5.75 Å². The van der Waals surface area contributed by atoms with Crippen molar-refractivity contribution in [2.24, 2.45) is 0 Å². The molecule has 160 valence electrons. The van der Waals surface area contributed by atoms with Crippen LogP contribution in [0.2, 0.25) is 0 Å². The molecule has 1 aromatic heterocycles. The van der Waals surface area contributed by atoms with Crippen molar-refractivity contribution < 1.29 is 18.7 Å². The van der Waals surface area contributed by atoms with E-state index in [1.807, 2.05) is 49.9 Å². The van der Waals surface area contributed by atoms with Crippen LogP contribution in [0.15, 0.2) is 40.8 Å². The van der Waals surface area contributed by atoms with Crippen molar-refractivity contribution in [3.8, 4) is 5.75 Å². The van der Waals surface area contributed by atoms with E-state index in [4.69, 9.17) is 9.15 Å². The molecule has 2 aromatic rings. The minimum Gasteiger partial charge on any atom is -0.487 e. The van der Waals surface area contributed by atoms with E-state index in [0.717, 1.165) is 36.3 Å². The van der Waals surface area contributed by atoms with Gasteiger partial charge < -0.3 is 19.4 Å². The molecule has 3 heterocycles. The Balaban J connectivity index is 1.48. The molecule has 0 saturated carbocycles. The fourth-order valence-corrected chi connectivity index (χ4v) is 4.66. The molecule has 1 N–H and O–H groups in total. The van der Waals surface area contributed by atoms with E-state index < -0.39 is 0 Å². The maximum atomic E-state index is 12.7. The summed E-state index contributed by atoms with van der Waals surface area (Å²) >= 11 is 0. The number of hydrogen-bond acceptors (Lipinski definition) is 4. The summed E-state index contributed by atoms with van der Waals surface area (Å²) in [6.45, 7) is 7.03. The lowest BCUT2D eigenvalue weighted by Crippen LogP contribution is -2.52. The minimum absolute atomic E-state index is 0.0676. The lowest BCUT2D eigenvalue weighted by Gasteiger charge is -2.46. The number of likely N-dealkylation sites (tertiary alicyclic amines) is 1. The maximum Gasteiger partial charge on any atom is 0.289 e. The fourth-order valence-electron chi connectivity index (χ4n) is 4.66. The number of piperidine rings is 1. The molecule has 0 aliphatic carbocycles. The predicted molar refractivity (Wildman–Crippen MR) is 114 cm³/mol. The highest BCUT2D eigenvalue weighted by atomic mass is 16.5. The van der Waals surface area contributed by atoms with E-state index in [1.165, 1.54) is 0 Å². The first-order valence-electron chi connectivity index (χ1n) is 10.8. The fraction of sp³-hybridized carbons (Fsp3) is 0.500. The Hall–Kier alpha value is -2.76. The van der Waals surface area contributed by atoms with Gasteiger partial charge in [0.05, 0.1) is 0 Å². The summed E-state index contributed by atoms with van der Waals surface area (Å²) < 4.78 is 12.0. The number of ether oxygens (including phenoxy) is 1. The molecule has 2 aliphatic rings. The van der Waals surface area contributed by atoms with E-state index in [-0.39, 0.29) is 29.4 Å². The number of furan rings is 1. The molecule has 4 rings (SSSR count). The van der Waals surface area contributed by atoms with Gasteiger partial charge >= 0.3 is 0 Å². The van der Waals surface area contributed by atoms with Crippen molar-refractivity contribution in [2.45, 2.75) is 64.0 Å². The number of para-hydroxylation sites is 1. The van der Waals surface area contributed by atoms with E-state index in [1.54, 1.807) is 6.07 Å². The van der Waals surface area contributed by atoms with Gasteiger partial charge in [-0.25, -0.2) is 0 Å². The number of aryl methyl sites for hydroxylation is 1. The molecule has 1 spiro atoms. The number of nitrogens with one attached hydrogen (secondary N) is 1. The van der Waals surface area contributed by atoms with Gasteiger partial charge in [0.15, 0.2) is 5.76 Å². The number of rotatable bonds is 4. The largest absolute Gasteiger partial charge is 0.487 e. The van der Waals surface area contributed by atoms with Crippen LogP contribution in [0.4, 0.5) is 0 Å². The topological polar surface area (TPSA) is 71.8 Å². The maximum absolute atomic E-state index is 12.7. The highest BCUT2D eigenvalue weighted by Gasteiger charge is 2.44. The van der Waals surface area contributed by atoms with Gasteiger partial charge in [-0.05, 0) is 51.0 Å². The number of amides is 2. The van der Waals surface area contributed by atoms with Crippen molar-refractivity contribution in [2.75, 3.05) is 13.1 Å². The average Bonchev–Trinajstić information content (AvgIpc) is 3.14. The summed E-state index contributed by atoms with van der Waals surface area (Å²) in [4.78, 5) is 27.1. The highest BCUT2D eigenvalue weighted by Crippen LogP contribution is 2.46. The summed E-state index contributed by atoms with van der Waals surface area (Å²) in [6, 6.07) is 11.7. The van der Waals surface area contributed by atoms with Crippen LogP contribution in [-0.4, -0.2) is 41.4 Å². The Kier molecular flexibility index (Phi) is 5.58. The lowest BCUT2D eigenvalue weighted by molar-refractivity contribution is -0.122. The van der Waals surface area contributed by atoms with Gasteiger partial charge in [0, 0.05) is 44.3 Å². The molecule has 1 atom stereocenters. The molecular formula is C24H30N2O4. The second-order valence-corrected chi connectivity index (χ2v) is 8.85. The molecule has 6 heteroatoms. The molecule has 1 saturated heterocycles. The van der Waals surface area contributed by atoms with Gasteiger partial charge in [0.25, 0.3) is 5.91 Å². The molecule has 1 aromatic carbocycles. The summed E-state index contributed by atoms with van der Waals surface area (Å²) in [5, 5.41) is 3.01. The zero-order valence-electron chi connectivity index (χ0n) is 17.9. The standard InChI is InChI=1S/C24H30N2O4/c1-16(2)25-22(27)14-18-15-24(30-20-7-5-4-6-19(18)20)10-12-26(13-11-24)23(28)21-9-8-17(3)29-21/h4-9,16,18H,10-15H2,1-3H3,(H,25,27)/t18-/m0/s1. The molecular weight excluding hydrogens is 380 g/mol. The Morgan fingerprint density at radius 2 is 1.90 bits per heavy atom. The van der Waals surface area contributed by atoms with Crippen LogP contribution in [-0.2, 0) is 4.79 Å². The number of fused-ring (bicyclic) bond motifs is 1. The Bertz CT molecular complexity index is 925. The summed E-state index contributed by atoms with van der Waals surface area (Å²) in [5.41, 5.74) is 0.763. The van der Waals surface area contributed by atoms with Gasteiger partial charge in [-0.15, -0.1) is 0 Å². The molecule has 0 radical (unpaired) electrons. The Labute approximate surface area is 177 Å². The van der Waals surface area contributed by atoms with E-state index in [0.29, 0.717) is 25.3 Å². The molecule has 30 heavy (non-hydrogen) atoms. The molecule has 2 aliphatic heterocycles. The van der Waals surface area contributed by atoms with Crippen molar-refractivity contribution in [3.63, 3.8) is 0 Å². The van der Waals surface area contributed by atoms with Gasteiger partial charge in [-0.2, -0.15) is 0 Å². The van der Waals surface area contributed by atoms with Crippen LogP contribution in [0.1, 0.15) is 67.3 Å². The van der Waals surface area contributed by atoms with Crippen LogP contribution < -0.4 is 10.1 Å². The van der Waals surface area contributed by atoms with Crippen molar-refractivity contribution in [1.82, 2.24) is 10.2 Å². The normalized spacial score (nSPS) is 20.0. The SMILES string of the molecule is Cc1ccc(C(=O)N2CCC3(CC2)C[C@H](CC(=O)NC(C)C)c2ccccc2O3)o1. The summed E-state index contributed by atoms with van der Waals surface area (Å²) in [5.74, 6) is 2.11. The monoisotopic (exact) mass is 410 g/mol. The van der Waals surface area contributed by atoms with E-state index >= 15 is 0 Å². The first-order valence-corrected chi connectivity index (χ1v) is 10.8. The number of nitrogens with zero attached hydrogens (tertiary/aromatic N) is 1.